The lowest BCUT2D eigenvalue weighted by molar-refractivity contribution is -0.147. The van der Waals surface area contributed by atoms with Crippen LogP contribution in [-0.4, -0.2) is 52.6 Å². The zero-order valence-electron chi connectivity index (χ0n) is 26.3. The molecule has 1 amide bonds. The number of carbonyl (C=O) groups excluding carboxylic acids is 1. The molecule has 0 bridgehead atoms. The fourth-order valence-corrected chi connectivity index (χ4v) is 9.58. The highest BCUT2D eigenvalue weighted by atomic mass is 16.4. The smallest absolute Gasteiger partial charge is 0.331 e. The molecule has 5 aliphatic carbocycles. The summed E-state index contributed by atoms with van der Waals surface area (Å²) in [6.07, 6.45) is 16.3. The van der Waals surface area contributed by atoms with Crippen molar-refractivity contribution in [1.29, 1.82) is 0 Å². The predicted molar refractivity (Wildman–Crippen MR) is 169 cm³/mol. The Balaban J connectivity index is 1.04. The minimum absolute atomic E-state index is 0.00491. The van der Waals surface area contributed by atoms with Crippen molar-refractivity contribution in [3.63, 3.8) is 0 Å². The summed E-state index contributed by atoms with van der Waals surface area (Å²) in [6, 6.07) is 10.5. The molecular formula is C37H51N3O3. The number of hydrogen-bond donors (Lipinski definition) is 3. The highest BCUT2D eigenvalue weighted by molar-refractivity contribution is 5.92. The molecule has 1 aliphatic heterocycles. The minimum atomic E-state index is -1.20. The molecule has 232 valence electrons. The summed E-state index contributed by atoms with van der Waals surface area (Å²) in [6.45, 7) is 8.89. The van der Waals surface area contributed by atoms with Gasteiger partial charge >= 0.3 is 5.97 Å². The van der Waals surface area contributed by atoms with Crippen LogP contribution in [0.1, 0.15) is 83.7 Å². The summed E-state index contributed by atoms with van der Waals surface area (Å²) in [5.74, 6) is 2.92. The first-order valence-corrected chi connectivity index (χ1v) is 17.2. The Hall–Kier alpha value is -2.44. The topological polar surface area (TPSA) is 81.7 Å². The molecule has 6 nitrogen and oxygen atoms in total. The molecule has 1 saturated heterocycles. The van der Waals surface area contributed by atoms with E-state index in [1.165, 1.54) is 44.2 Å². The Kier molecular flexibility index (Phi) is 7.82. The van der Waals surface area contributed by atoms with Crippen LogP contribution in [0.15, 0.2) is 54.1 Å². The maximum Gasteiger partial charge on any atom is 0.331 e. The molecule has 1 heterocycles. The van der Waals surface area contributed by atoms with Crippen molar-refractivity contribution in [3.8, 4) is 0 Å². The maximum atomic E-state index is 14.2. The Bertz CT molecular complexity index is 1270. The third-order valence-electron chi connectivity index (χ3n) is 12.4. The van der Waals surface area contributed by atoms with E-state index >= 15 is 0 Å². The summed E-state index contributed by atoms with van der Waals surface area (Å²) in [7, 11) is 0. The molecule has 6 aliphatic rings. The van der Waals surface area contributed by atoms with Gasteiger partial charge in [0, 0.05) is 37.0 Å². The zero-order chi connectivity index (χ0) is 29.9. The van der Waals surface area contributed by atoms with Gasteiger partial charge in [-0.15, -0.1) is 0 Å². The second-order valence-corrected chi connectivity index (χ2v) is 15.2. The number of piperidine rings is 1. The zero-order valence-corrected chi connectivity index (χ0v) is 26.3. The van der Waals surface area contributed by atoms with E-state index in [9.17, 15) is 14.7 Å². The highest BCUT2D eigenvalue weighted by Gasteiger charge is 2.63. The molecular weight excluding hydrogens is 534 g/mol. The van der Waals surface area contributed by atoms with Gasteiger partial charge in [-0.1, -0.05) is 61.1 Å². The quantitative estimate of drug-likeness (QED) is 0.315. The van der Waals surface area contributed by atoms with Crippen molar-refractivity contribution in [2.75, 3.05) is 13.1 Å². The number of fused-ring (bicyclic) bond motifs is 1. The number of likely N-dealkylation sites (tertiary alicyclic amines) is 1. The molecule has 6 heteroatoms. The van der Waals surface area contributed by atoms with Gasteiger partial charge in [0.05, 0.1) is 0 Å². The van der Waals surface area contributed by atoms with Gasteiger partial charge < -0.3 is 15.7 Å². The summed E-state index contributed by atoms with van der Waals surface area (Å²) in [4.78, 5) is 29.6. The van der Waals surface area contributed by atoms with Crippen molar-refractivity contribution in [2.45, 2.75) is 95.8 Å². The summed E-state index contributed by atoms with van der Waals surface area (Å²) >= 11 is 0. The van der Waals surface area contributed by atoms with Crippen molar-refractivity contribution < 1.29 is 14.7 Å². The van der Waals surface area contributed by atoms with Crippen LogP contribution in [0.3, 0.4) is 0 Å². The number of allylic oxidation sites excluding steroid dienone is 3. The van der Waals surface area contributed by atoms with Gasteiger partial charge in [-0.05, 0) is 112 Å². The second kappa shape index (κ2) is 11.5. The first kappa shape index (κ1) is 29.3. The minimum Gasteiger partial charge on any atom is -0.479 e. The Morgan fingerprint density at radius 3 is 2.47 bits per heavy atom. The van der Waals surface area contributed by atoms with E-state index in [1.807, 2.05) is 18.2 Å². The SMILES string of the molecule is CC1=CCC(C(C2CC2)N2CCC3C(CC(C4CC4)C(C(=O)NC4(C(=O)O)CC4NC(C)c4ccccc4)C3C)C2)C=C1. The molecule has 10 unspecified atom stereocenters. The molecule has 5 fully saturated rings. The van der Waals surface area contributed by atoms with E-state index in [4.69, 9.17) is 0 Å². The number of amides is 1. The molecule has 1 aromatic rings. The standard InChI is InChI=1S/C37H51N3O3/c1-22-9-11-27(12-10-22)34(28-15-16-28)40-18-17-30-23(2)33(31(26-13-14-26)19-29(30)21-40)35(41)39-37(36(42)43)20-32(37)38-24(3)25-7-5-4-6-8-25/h4-11,23-24,26-34,38H,12-21H2,1-3H3,(H,39,41)(H,42,43). The van der Waals surface area contributed by atoms with Gasteiger partial charge in [-0.2, -0.15) is 0 Å². The summed E-state index contributed by atoms with van der Waals surface area (Å²) < 4.78 is 0. The van der Waals surface area contributed by atoms with Crippen molar-refractivity contribution in [3.05, 3.63) is 59.7 Å². The molecule has 0 aromatic heterocycles. The second-order valence-electron chi connectivity index (χ2n) is 15.2. The van der Waals surface area contributed by atoms with Gasteiger partial charge in [0.2, 0.25) is 5.91 Å². The fraction of sp³-hybridized carbons (Fsp3) is 0.676. The fourth-order valence-electron chi connectivity index (χ4n) is 9.58. The number of carboxylic acids is 1. The number of carboxylic acid groups (broad SMARTS) is 1. The van der Waals surface area contributed by atoms with Crippen LogP contribution >= 0.6 is 0 Å². The summed E-state index contributed by atoms with van der Waals surface area (Å²) in [5, 5.41) is 17.0. The molecule has 10 atom stereocenters. The maximum absolute atomic E-state index is 14.2. The number of benzene rings is 1. The first-order valence-electron chi connectivity index (χ1n) is 17.2. The summed E-state index contributed by atoms with van der Waals surface area (Å²) in [5.41, 5.74) is 1.32. The Labute approximate surface area is 257 Å². The van der Waals surface area contributed by atoms with Crippen molar-refractivity contribution in [1.82, 2.24) is 15.5 Å². The third-order valence-corrected chi connectivity index (χ3v) is 12.4. The van der Waals surface area contributed by atoms with Crippen LogP contribution in [0, 0.1) is 47.3 Å². The van der Waals surface area contributed by atoms with Crippen LogP contribution < -0.4 is 10.6 Å². The van der Waals surface area contributed by atoms with Gasteiger partial charge in [-0.3, -0.25) is 9.69 Å². The largest absolute Gasteiger partial charge is 0.479 e. The predicted octanol–water partition coefficient (Wildman–Crippen LogP) is 5.97. The third kappa shape index (κ3) is 5.75. The molecule has 4 saturated carbocycles. The van der Waals surface area contributed by atoms with E-state index in [1.54, 1.807) is 0 Å². The van der Waals surface area contributed by atoms with Gasteiger partial charge in [0.25, 0.3) is 0 Å². The van der Waals surface area contributed by atoms with E-state index in [0.29, 0.717) is 42.1 Å². The Morgan fingerprint density at radius 1 is 1.05 bits per heavy atom. The van der Waals surface area contributed by atoms with Crippen molar-refractivity contribution in [2.24, 2.45) is 47.3 Å². The highest BCUT2D eigenvalue weighted by Crippen LogP contribution is 2.55. The van der Waals surface area contributed by atoms with Crippen LogP contribution in [0.4, 0.5) is 0 Å². The Morgan fingerprint density at radius 2 is 1.81 bits per heavy atom. The van der Waals surface area contributed by atoms with E-state index in [0.717, 1.165) is 30.9 Å². The average molecular weight is 586 g/mol. The molecule has 0 spiro atoms. The molecule has 3 N–H and O–H groups in total. The van der Waals surface area contributed by atoms with Gasteiger partial charge in [0.15, 0.2) is 5.54 Å². The van der Waals surface area contributed by atoms with E-state index in [-0.39, 0.29) is 29.8 Å². The number of aliphatic carboxylic acids is 1. The average Bonchev–Trinajstić information content (AvgIpc) is 3.86. The van der Waals surface area contributed by atoms with Crippen LogP contribution in [0.5, 0.6) is 0 Å². The van der Waals surface area contributed by atoms with Crippen LogP contribution in [0.25, 0.3) is 0 Å². The number of nitrogens with zero attached hydrogens (tertiary/aromatic N) is 1. The number of nitrogens with one attached hydrogen (secondary N) is 2. The van der Waals surface area contributed by atoms with Crippen LogP contribution in [0.2, 0.25) is 0 Å². The molecule has 0 radical (unpaired) electrons. The molecule has 43 heavy (non-hydrogen) atoms. The lowest BCUT2D eigenvalue weighted by Crippen LogP contribution is -2.58. The monoisotopic (exact) mass is 585 g/mol. The number of carbonyl (C=O) groups is 2. The van der Waals surface area contributed by atoms with Crippen molar-refractivity contribution >= 4 is 11.9 Å². The van der Waals surface area contributed by atoms with E-state index in [2.05, 4.69) is 66.7 Å². The lowest BCUT2D eigenvalue weighted by Gasteiger charge is -2.52. The molecule has 7 rings (SSSR count). The number of rotatable bonds is 10. The first-order chi connectivity index (χ1) is 20.7. The van der Waals surface area contributed by atoms with Gasteiger partial charge in [0.1, 0.15) is 0 Å². The number of hydrogen-bond acceptors (Lipinski definition) is 4. The lowest BCUT2D eigenvalue weighted by atomic mass is 9.58. The molecule has 1 aromatic carbocycles. The van der Waals surface area contributed by atoms with Gasteiger partial charge in [-0.25, -0.2) is 4.79 Å². The normalized spacial score (nSPS) is 38.9. The van der Waals surface area contributed by atoms with Crippen LogP contribution in [-0.2, 0) is 9.59 Å². The van der Waals surface area contributed by atoms with E-state index < -0.39 is 11.5 Å².